The van der Waals surface area contributed by atoms with E-state index in [1.165, 1.54) is 6.21 Å². The summed E-state index contributed by atoms with van der Waals surface area (Å²) in [6.45, 7) is 1.82. The van der Waals surface area contributed by atoms with E-state index in [-0.39, 0.29) is 5.91 Å². The molecule has 0 aliphatic carbocycles. The second-order valence-electron chi connectivity index (χ2n) is 5.69. The van der Waals surface area contributed by atoms with E-state index in [2.05, 4.69) is 15.8 Å². The van der Waals surface area contributed by atoms with Gasteiger partial charge in [-0.2, -0.15) is 5.10 Å². The molecule has 27 heavy (non-hydrogen) atoms. The summed E-state index contributed by atoms with van der Waals surface area (Å²) in [4.78, 5) is 24.5. The van der Waals surface area contributed by atoms with Gasteiger partial charge in [-0.15, -0.1) is 0 Å². The lowest BCUT2D eigenvalue weighted by Crippen LogP contribution is -2.18. The van der Waals surface area contributed by atoms with Gasteiger partial charge in [0.1, 0.15) is 11.5 Å². The lowest BCUT2D eigenvalue weighted by molar-refractivity contribution is 0.0953. The molecule has 1 aromatic heterocycles. The fraction of sp³-hybridized carbons (Fsp3) is 0.0500. The molecule has 0 saturated heterocycles. The van der Waals surface area contributed by atoms with Crippen molar-refractivity contribution < 1.29 is 14.0 Å². The van der Waals surface area contributed by atoms with E-state index in [0.29, 0.717) is 27.6 Å². The molecule has 3 aromatic rings. The highest BCUT2D eigenvalue weighted by molar-refractivity contribution is 6.31. The van der Waals surface area contributed by atoms with Gasteiger partial charge in [-0.1, -0.05) is 23.7 Å². The van der Waals surface area contributed by atoms with Crippen LogP contribution in [0, 0.1) is 6.92 Å². The number of furan rings is 1. The number of benzene rings is 2. The van der Waals surface area contributed by atoms with Gasteiger partial charge in [-0.3, -0.25) is 9.59 Å². The van der Waals surface area contributed by atoms with Crippen LogP contribution in [0.1, 0.15) is 32.2 Å². The summed E-state index contributed by atoms with van der Waals surface area (Å²) >= 11 is 5.90. The molecule has 0 aliphatic heterocycles. The number of amides is 2. The van der Waals surface area contributed by atoms with E-state index in [4.69, 9.17) is 16.0 Å². The molecule has 2 aromatic carbocycles. The molecule has 0 unspecified atom stereocenters. The molecule has 1 heterocycles. The van der Waals surface area contributed by atoms with Crippen LogP contribution in [0.2, 0.25) is 5.02 Å². The van der Waals surface area contributed by atoms with Crippen LogP contribution in [0.4, 0.5) is 5.69 Å². The molecule has 0 radical (unpaired) electrons. The maximum atomic E-state index is 12.3. The van der Waals surface area contributed by atoms with Crippen molar-refractivity contribution in [3.05, 3.63) is 88.3 Å². The van der Waals surface area contributed by atoms with Crippen LogP contribution in [-0.4, -0.2) is 18.0 Å². The Morgan fingerprint density at radius 3 is 2.44 bits per heavy atom. The van der Waals surface area contributed by atoms with Crippen LogP contribution in [0.3, 0.4) is 0 Å². The zero-order chi connectivity index (χ0) is 19.2. The third-order valence-corrected chi connectivity index (χ3v) is 3.82. The molecule has 6 nitrogen and oxygen atoms in total. The Morgan fingerprint density at radius 2 is 1.74 bits per heavy atom. The summed E-state index contributed by atoms with van der Waals surface area (Å²) in [6, 6.07) is 16.7. The first-order valence-corrected chi connectivity index (χ1v) is 8.46. The number of rotatable bonds is 5. The maximum absolute atomic E-state index is 12.3. The summed E-state index contributed by atoms with van der Waals surface area (Å²) in [5.41, 5.74) is 3.68. The van der Waals surface area contributed by atoms with Crippen molar-refractivity contribution in [3.63, 3.8) is 0 Å². The Morgan fingerprint density at radius 1 is 1.00 bits per heavy atom. The molecule has 0 bridgehead atoms. The van der Waals surface area contributed by atoms with Crippen molar-refractivity contribution in [1.29, 1.82) is 0 Å². The second-order valence-corrected chi connectivity index (χ2v) is 6.13. The van der Waals surface area contributed by atoms with E-state index in [9.17, 15) is 9.59 Å². The molecular formula is C20H16ClN3O3. The zero-order valence-electron chi connectivity index (χ0n) is 14.4. The summed E-state index contributed by atoms with van der Waals surface area (Å²) in [7, 11) is 0. The van der Waals surface area contributed by atoms with Gasteiger partial charge >= 0.3 is 0 Å². The number of carbonyl (C=O) groups excluding carboxylic acids is 2. The molecule has 0 atom stereocenters. The highest BCUT2D eigenvalue weighted by Gasteiger charge is 2.09. The summed E-state index contributed by atoms with van der Waals surface area (Å²) in [5.74, 6) is 0.566. The van der Waals surface area contributed by atoms with Crippen LogP contribution in [0.15, 0.2) is 70.2 Å². The lowest BCUT2D eigenvalue weighted by Gasteiger charge is -2.07. The summed E-state index contributed by atoms with van der Waals surface area (Å²) in [5, 5.41) is 7.07. The molecule has 3 rings (SSSR count). The molecule has 0 spiro atoms. The van der Waals surface area contributed by atoms with Gasteiger partial charge in [-0.25, -0.2) is 5.43 Å². The van der Waals surface area contributed by atoms with Crippen molar-refractivity contribution in [3.8, 4) is 0 Å². The number of nitrogens with one attached hydrogen (secondary N) is 2. The molecule has 7 heteroatoms. The maximum Gasteiger partial charge on any atom is 0.271 e. The van der Waals surface area contributed by atoms with Gasteiger partial charge < -0.3 is 9.73 Å². The second kappa shape index (κ2) is 8.33. The number of nitrogens with zero attached hydrogens (tertiary/aromatic N) is 1. The Kier molecular flexibility index (Phi) is 5.68. The first kappa shape index (κ1) is 18.4. The third-order valence-electron chi connectivity index (χ3n) is 3.59. The highest BCUT2D eigenvalue weighted by atomic mass is 35.5. The van der Waals surface area contributed by atoms with E-state index < -0.39 is 5.91 Å². The number of aryl methyl sites for hydroxylation is 1. The molecule has 0 fully saturated rings. The van der Waals surface area contributed by atoms with E-state index in [1.807, 2.05) is 6.92 Å². The fourth-order valence-electron chi connectivity index (χ4n) is 2.31. The first-order valence-electron chi connectivity index (χ1n) is 8.08. The van der Waals surface area contributed by atoms with Crippen LogP contribution in [0.5, 0.6) is 0 Å². The number of hydrogen-bond acceptors (Lipinski definition) is 4. The predicted molar refractivity (Wildman–Crippen MR) is 104 cm³/mol. The normalized spacial score (nSPS) is 10.7. The monoisotopic (exact) mass is 381 g/mol. The smallest absolute Gasteiger partial charge is 0.271 e. The Balaban J connectivity index is 1.65. The van der Waals surface area contributed by atoms with Gasteiger partial charge in [0.05, 0.1) is 6.21 Å². The van der Waals surface area contributed by atoms with E-state index >= 15 is 0 Å². The number of anilines is 1. The van der Waals surface area contributed by atoms with Crippen LogP contribution in [-0.2, 0) is 0 Å². The lowest BCUT2D eigenvalue weighted by atomic mass is 10.1. The Labute approximate surface area is 160 Å². The van der Waals surface area contributed by atoms with Crippen molar-refractivity contribution in [2.45, 2.75) is 6.92 Å². The largest absolute Gasteiger partial charge is 0.460 e. The Bertz CT molecular complexity index is 1010. The predicted octanol–water partition coefficient (Wildman–Crippen LogP) is 4.26. The van der Waals surface area contributed by atoms with Gasteiger partial charge in [0.25, 0.3) is 11.8 Å². The minimum Gasteiger partial charge on any atom is -0.460 e. The number of hydrazone groups is 1. The molecular weight excluding hydrogens is 366 g/mol. The summed E-state index contributed by atoms with van der Waals surface area (Å²) < 4.78 is 5.33. The summed E-state index contributed by atoms with van der Waals surface area (Å²) in [6.07, 6.45) is 1.41. The molecule has 2 amide bonds. The first-order chi connectivity index (χ1) is 13.0. The fourth-order valence-corrected chi connectivity index (χ4v) is 2.50. The Hall–Kier alpha value is -3.38. The van der Waals surface area contributed by atoms with Gasteiger partial charge in [0, 0.05) is 21.8 Å². The molecule has 0 aliphatic rings. The van der Waals surface area contributed by atoms with Crippen molar-refractivity contribution in [1.82, 2.24) is 5.43 Å². The molecule has 2 N–H and O–H groups in total. The van der Waals surface area contributed by atoms with Crippen molar-refractivity contribution in [2.75, 3.05) is 5.32 Å². The van der Waals surface area contributed by atoms with Crippen LogP contribution < -0.4 is 10.7 Å². The zero-order valence-corrected chi connectivity index (χ0v) is 15.2. The average molecular weight is 382 g/mol. The number of halogens is 1. The topological polar surface area (TPSA) is 83.7 Å². The van der Waals surface area contributed by atoms with Gasteiger partial charge in [-0.05, 0) is 55.5 Å². The minimum absolute atomic E-state index is 0.318. The third kappa shape index (κ3) is 5.05. The van der Waals surface area contributed by atoms with Gasteiger partial charge in [0.15, 0.2) is 0 Å². The number of carbonyl (C=O) groups is 2. The highest BCUT2D eigenvalue weighted by Crippen LogP contribution is 2.15. The van der Waals surface area contributed by atoms with E-state index in [0.717, 1.165) is 5.76 Å². The quantitative estimate of drug-likeness (QED) is 0.511. The van der Waals surface area contributed by atoms with Crippen molar-refractivity contribution >= 4 is 35.3 Å². The number of hydrogen-bond donors (Lipinski definition) is 2. The van der Waals surface area contributed by atoms with Gasteiger partial charge in [0.2, 0.25) is 0 Å². The van der Waals surface area contributed by atoms with Crippen molar-refractivity contribution in [2.24, 2.45) is 5.10 Å². The standard InChI is InChI=1S/C20H16ClN3O3/c1-13-8-9-18(27-13)12-22-24-20(26)15-5-3-7-17(11-15)23-19(25)14-4-2-6-16(21)10-14/h2-12H,1H3,(H,23,25)(H,24,26). The SMILES string of the molecule is Cc1ccc(C=NNC(=O)c2cccc(NC(=O)c3cccc(Cl)c3)c2)o1. The minimum atomic E-state index is -0.409. The van der Waals surface area contributed by atoms with Crippen LogP contribution >= 0.6 is 11.6 Å². The van der Waals surface area contributed by atoms with E-state index in [1.54, 1.807) is 60.7 Å². The van der Waals surface area contributed by atoms with Crippen LogP contribution in [0.25, 0.3) is 0 Å². The molecule has 0 saturated carbocycles. The molecule has 136 valence electrons. The average Bonchev–Trinajstić information content (AvgIpc) is 3.07.